The Kier molecular flexibility index (Phi) is 4.20. The summed E-state index contributed by atoms with van der Waals surface area (Å²) in [5, 5.41) is 0.965. The van der Waals surface area contributed by atoms with Crippen LogP contribution in [0.4, 0.5) is 0 Å². The number of allylic oxidation sites excluding steroid dienone is 1. The normalized spacial score (nSPS) is 16.1. The lowest BCUT2D eigenvalue weighted by atomic mass is 9.95. The fourth-order valence-electron chi connectivity index (χ4n) is 3.51. The molecule has 0 atom stereocenters. The number of hydrogen-bond acceptors (Lipinski definition) is 5. The standard InChI is InChI=1S/C20H23N3O2S/c1-5-7-15-22-16-13-9-12-11-25-20(3,4)10-14(12)21-18(13)26-17(16)19(24)23(15)8-6-2/h6,9H,2,5,7-8,10-11H2,1,3-4H3. The minimum absolute atomic E-state index is 0.0101. The molecule has 0 saturated carbocycles. The van der Waals surface area contributed by atoms with Crippen LogP contribution in [0.2, 0.25) is 0 Å². The molecule has 3 aromatic rings. The average Bonchev–Trinajstić information content (AvgIpc) is 2.94. The first-order valence-electron chi connectivity index (χ1n) is 9.03. The van der Waals surface area contributed by atoms with Crippen molar-refractivity contribution in [3.05, 3.63) is 46.2 Å². The molecule has 6 heteroatoms. The van der Waals surface area contributed by atoms with E-state index in [4.69, 9.17) is 14.7 Å². The van der Waals surface area contributed by atoms with Crippen LogP contribution < -0.4 is 5.56 Å². The number of thiophene rings is 1. The van der Waals surface area contributed by atoms with Crippen LogP contribution in [-0.4, -0.2) is 20.1 Å². The van der Waals surface area contributed by atoms with Gasteiger partial charge in [0.25, 0.3) is 5.56 Å². The van der Waals surface area contributed by atoms with E-state index in [1.54, 1.807) is 10.6 Å². The zero-order valence-corrected chi connectivity index (χ0v) is 16.3. The van der Waals surface area contributed by atoms with Gasteiger partial charge < -0.3 is 4.74 Å². The van der Waals surface area contributed by atoms with Crippen LogP contribution >= 0.6 is 11.3 Å². The molecule has 4 rings (SSSR count). The quantitative estimate of drug-likeness (QED) is 0.652. The van der Waals surface area contributed by atoms with E-state index in [1.807, 2.05) is 0 Å². The van der Waals surface area contributed by atoms with Crippen molar-refractivity contribution < 1.29 is 4.74 Å². The first kappa shape index (κ1) is 17.4. The molecule has 5 nitrogen and oxygen atoms in total. The van der Waals surface area contributed by atoms with Gasteiger partial charge in [0.05, 0.1) is 23.4 Å². The lowest BCUT2D eigenvalue weighted by molar-refractivity contribution is -0.0411. The number of hydrogen-bond donors (Lipinski definition) is 0. The van der Waals surface area contributed by atoms with Gasteiger partial charge in [0.2, 0.25) is 0 Å². The molecule has 0 bridgehead atoms. The summed E-state index contributed by atoms with van der Waals surface area (Å²) in [6.45, 7) is 11.1. The Labute approximate surface area is 156 Å². The van der Waals surface area contributed by atoms with Crippen LogP contribution in [0.1, 0.15) is 44.3 Å². The summed E-state index contributed by atoms with van der Waals surface area (Å²) in [6, 6.07) is 2.12. The van der Waals surface area contributed by atoms with Gasteiger partial charge >= 0.3 is 0 Å². The van der Waals surface area contributed by atoms with E-state index < -0.39 is 0 Å². The topological polar surface area (TPSA) is 57.0 Å². The largest absolute Gasteiger partial charge is 0.370 e. The number of aromatic nitrogens is 3. The second-order valence-corrected chi connectivity index (χ2v) is 8.43. The number of pyridine rings is 1. The predicted octanol–water partition coefficient (Wildman–Crippen LogP) is 4.00. The summed E-state index contributed by atoms with van der Waals surface area (Å²) in [5.74, 6) is 0.819. The Balaban J connectivity index is 1.99. The van der Waals surface area contributed by atoms with Gasteiger partial charge in [-0.15, -0.1) is 17.9 Å². The molecule has 0 unspecified atom stereocenters. The van der Waals surface area contributed by atoms with Gasteiger partial charge in [0, 0.05) is 30.3 Å². The molecule has 4 heterocycles. The molecule has 1 aliphatic rings. The average molecular weight is 369 g/mol. The summed E-state index contributed by atoms with van der Waals surface area (Å²) in [6.07, 6.45) is 4.24. The Morgan fingerprint density at radius 3 is 2.96 bits per heavy atom. The van der Waals surface area contributed by atoms with Gasteiger partial charge in [-0.1, -0.05) is 13.0 Å². The first-order valence-corrected chi connectivity index (χ1v) is 9.84. The van der Waals surface area contributed by atoms with Crippen molar-refractivity contribution in [2.24, 2.45) is 0 Å². The third kappa shape index (κ3) is 2.77. The molecular weight excluding hydrogens is 346 g/mol. The lowest BCUT2D eigenvalue weighted by Crippen LogP contribution is -2.32. The van der Waals surface area contributed by atoms with Crippen molar-refractivity contribution in [3.8, 4) is 0 Å². The first-order chi connectivity index (χ1) is 12.4. The van der Waals surface area contributed by atoms with Crippen molar-refractivity contribution in [2.75, 3.05) is 0 Å². The van der Waals surface area contributed by atoms with E-state index in [0.717, 1.165) is 52.1 Å². The summed E-state index contributed by atoms with van der Waals surface area (Å²) < 4.78 is 8.35. The van der Waals surface area contributed by atoms with Crippen LogP contribution in [-0.2, 0) is 30.7 Å². The Morgan fingerprint density at radius 1 is 1.42 bits per heavy atom. The second-order valence-electron chi connectivity index (χ2n) is 7.43. The number of nitrogens with zero attached hydrogens (tertiary/aromatic N) is 3. The summed E-state index contributed by atoms with van der Waals surface area (Å²) >= 11 is 1.45. The van der Waals surface area contributed by atoms with E-state index in [1.165, 1.54) is 11.3 Å². The summed E-state index contributed by atoms with van der Waals surface area (Å²) in [7, 11) is 0. The predicted molar refractivity (Wildman–Crippen MR) is 106 cm³/mol. The molecule has 0 aromatic carbocycles. The molecule has 0 amide bonds. The molecule has 1 aliphatic heterocycles. The van der Waals surface area contributed by atoms with Gasteiger partial charge in [-0.05, 0) is 26.3 Å². The maximum atomic E-state index is 13.0. The highest BCUT2D eigenvalue weighted by molar-refractivity contribution is 7.25. The fraction of sp³-hybridized carbons (Fsp3) is 0.450. The molecule has 136 valence electrons. The zero-order chi connectivity index (χ0) is 18.5. The number of ether oxygens (including phenoxy) is 1. The minimum atomic E-state index is -0.201. The van der Waals surface area contributed by atoms with Crippen molar-refractivity contribution in [2.45, 2.75) is 58.8 Å². The maximum Gasteiger partial charge on any atom is 0.271 e. The van der Waals surface area contributed by atoms with E-state index in [2.05, 4.69) is 33.4 Å². The fourth-order valence-corrected chi connectivity index (χ4v) is 4.58. The van der Waals surface area contributed by atoms with E-state index in [0.29, 0.717) is 17.9 Å². The van der Waals surface area contributed by atoms with Crippen molar-refractivity contribution in [1.82, 2.24) is 14.5 Å². The zero-order valence-electron chi connectivity index (χ0n) is 15.5. The highest BCUT2D eigenvalue weighted by atomic mass is 32.1. The van der Waals surface area contributed by atoms with E-state index >= 15 is 0 Å². The minimum Gasteiger partial charge on any atom is -0.370 e. The third-order valence-electron chi connectivity index (χ3n) is 4.81. The molecule has 0 fully saturated rings. The van der Waals surface area contributed by atoms with Crippen LogP contribution in [0.15, 0.2) is 23.5 Å². The molecule has 0 aliphatic carbocycles. The second kappa shape index (κ2) is 6.28. The molecular formula is C20H23N3O2S. The van der Waals surface area contributed by atoms with Crippen molar-refractivity contribution >= 4 is 31.8 Å². The van der Waals surface area contributed by atoms with Crippen molar-refractivity contribution in [1.29, 1.82) is 0 Å². The van der Waals surface area contributed by atoms with E-state index in [9.17, 15) is 4.79 Å². The number of rotatable bonds is 4. The summed E-state index contributed by atoms with van der Waals surface area (Å²) in [5.41, 5.74) is 2.76. The SMILES string of the molecule is C=CCn1c(CCC)nc2c(sc3nc4c(cc32)COC(C)(C)C4)c1=O. The van der Waals surface area contributed by atoms with Gasteiger partial charge in [0.15, 0.2) is 0 Å². The monoisotopic (exact) mass is 369 g/mol. The number of aryl methyl sites for hydroxylation is 1. The molecule has 26 heavy (non-hydrogen) atoms. The van der Waals surface area contributed by atoms with Gasteiger partial charge in [-0.3, -0.25) is 9.36 Å². The lowest BCUT2D eigenvalue weighted by Gasteiger charge is -2.30. The van der Waals surface area contributed by atoms with Crippen LogP contribution in [0.3, 0.4) is 0 Å². The third-order valence-corrected chi connectivity index (χ3v) is 5.89. The molecule has 0 radical (unpaired) electrons. The van der Waals surface area contributed by atoms with Gasteiger partial charge in [0.1, 0.15) is 15.4 Å². The Hall–Kier alpha value is -2.05. The molecule has 3 aromatic heterocycles. The van der Waals surface area contributed by atoms with Crippen LogP contribution in [0.5, 0.6) is 0 Å². The van der Waals surface area contributed by atoms with Gasteiger partial charge in [-0.25, -0.2) is 9.97 Å². The smallest absolute Gasteiger partial charge is 0.271 e. The Morgan fingerprint density at radius 2 is 2.23 bits per heavy atom. The van der Waals surface area contributed by atoms with E-state index in [-0.39, 0.29) is 11.2 Å². The number of fused-ring (bicyclic) bond motifs is 4. The van der Waals surface area contributed by atoms with Crippen LogP contribution in [0, 0.1) is 0 Å². The highest BCUT2D eigenvalue weighted by Crippen LogP contribution is 2.34. The highest BCUT2D eigenvalue weighted by Gasteiger charge is 2.28. The van der Waals surface area contributed by atoms with Crippen LogP contribution in [0.25, 0.3) is 20.4 Å². The summed E-state index contributed by atoms with van der Waals surface area (Å²) in [4.78, 5) is 23.7. The van der Waals surface area contributed by atoms with Crippen molar-refractivity contribution in [3.63, 3.8) is 0 Å². The molecule has 0 N–H and O–H groups in total. The molecule has 0 saturated heterocycles. The van der Waals surface area contributed by atoms with Gasteiger partial charge in [-0.2, -0.15) is 0 Å². The Bertz CT molecular complexity index is 1080. The molecule has 0 spiro atoms. The maximum absolute atomic E-state index is 13.0.